The number of hydrogen-bond donors (Lipinski definition) is 1. The first-order valence-electron chi connectivity index (χ1n) is 8.03. The van der Waals surface area contributed by atoms with Crippen molar-refractivity contribution in [3.63, 3.8) is 0 Å². The average molecular weight is 307 g/mol. The minimum Gasteiger partial charge on any atom is -0.479 e. The molecule has 0 bridgehead atoms. The maximum absolute atomic E-state index is 12.4. The van der Waals surface area contributed by atoms with E-state index in [1.165, 1.54) is 4.68 Å². The van der Waals surface area contributed by atoms with Crippen molar-refractivity contribution in [2.24, 2.45) is 5.92 Å². The van der Waals surface area contributed by atoms with Crippen LogP contribution in [0.25, 0.3) is 0 Å². The molecule has 0 saturated carbocycles. The van der Waals surface area contributed by atoms with Gasteiger partial charge in [-0.15, -0.1) is 0 Å². The van der Waals surface area contributed by atoms with E-state index >= 15 is 0 Å². The Labute approximate surface area is 131 Å². The number of carbonyl (C=O) groups excluding carboxylic acids is 1. The predicted octanol–water partition coefficient (Wildman–Crippen LogP) is 2.11. The number of likely N-dealkylation sites (tertiary alicyclic amines) is 1. The van der Waals surface area contributed by atoms with Gasteiger partial charge in [-0.1, -0.05) is 26.7 Å². The molecule has 2 heterocycles. The van der Waals surface area contributed by atoms with Crippen molar-refractivity contribution in [3.8, 4) is 0 Å². The summed E-state index contributed by atoms with van der Waals surface area (Å²) in [4.78, 5) is 26.0. The number of hydrogen-bond acceptors (Lipinski definition) is 3. The highest BCUT2D eigenvalue weighted by Crippen LogP contribution is 2.31. The molecule has 0 spiro atoms. The Bertz CT molecular complexity index is 505. The molecule has 0 radical (unpaired) electrons. The van der Waals surface area contributed by atoms with E-state index in [-0.39, 0.29) is 11.8 Å². The van der Waals surface area contributed by atoms with Crippen LogP contribution in [0.15, 0.2) is 18.5 Å². The quantitative estimate of drug-likeness (QED) is 0.873. The lowest BCUT2D eigenvalue weighted by Gasteiger charge is -2.39. The zero-order chi connectivity index (χ0) is 16.2. The second kappa shape index (κ2) is 6.94. The van der Waals surface area contributed by atoms with Gasteiger partial charge in [0.1, 0.15) is 0 Å². The van der Waals surface area contributed by atoms with Gasteiger partial charge in [0, 0.05) is 44.2 Å². The highest BCUT2D eigenvalue weighted by atomic mass is 16.4. The standard InChI is InChI=1S/C16H25N3O3/c1-3-4-6-13(2)14(20)18-11-7-16(8-12-18,15(21)22)19-10-5-9-17-19/h5,9-10,13H,3-4,6-8,11-12H2,1-2H3,(H,21,22)/t13-/m1/s1. The Morgan fingerprint density at radius 1 is 1.36 bits per heavy atom. The summed E-state index contributed by atoms with van der Waals surface area (Å²) < 4.78 is 1.53. The van der Waals surface area contributed by atoms with E-state index in [1.807, 2.05) is 11.8 Å². The molecule has 1 amide bonds. The van der Waals surface area contributed by atoms with E-state index in [1.54, 1.807) is 18.5 Å². The molecule has 6 nitrogen and oxygen atoms in total. The molecule has 1 aliphatic rings. The van der Waals surface area contributed by atoms with E-state index in [0.29, 0.717) is 25.9 Å². The molecule has 6 heteroatoms. The lowest BCUT2D eigenvalue weighted by molar-refractivity contribution is -0.154. The van der Waals surface area contributed by atoms with Crippen LogP contribution < -0.4 is 0 Å². The molecule has 1 saturated heterocycles. The summed E-state index contributed by atoms with van der Waals surface area (Å²) in [5.74, 6) is -0.711. The summed E-state index contributed by atoms with van der Waals surface area (Å²) in [5.41, 5.74) is -1.02. The first-order valence-corrected chi connectivity index (χ1v) is 8.03. The highest BCUT2D eigenvalue weighted by molar-refractivity contribution is 5.80. The smallest absolute Gasteiger partial charge is 0.331 e. The number of carbonyl (C=O) groups is 2. The van der Waals surface area contributed by atoms with Crippen LogP contribution in [-0.2, 0) is 15.1 Å². The van der Waals surface area contributed by atoms with Gasteiger partial charge in [0.2, 0.25) is 5.91 Å². The van der Waals surface area contributed by atoms with Crippen molar-refractivity contribution in [2.75, 3.05) is 13.1 Å². The van der Waals surface area contributed by atoms with Gasteiger partial charge in [0.25, 0.3) is 0 Å². The molecular formula is C16H25N3O3. The molecule has 1 aliphatic heterocycles. The summed E-state index contributed by atoms with van der Waals surface area (Å²) >= 11 is 0. The molecule has 1 aromatic heterocycles. The monoisotopic (exact) mass is 307 g/mol. The lowest BCUT2D eigenvalue weighted by Crippen LogP contribution is -2.53. The largest absolute Gasteiger partial charge is 0.479 e. The lowest BCUT2D eigenvalue weighted by atomic mass is 9.87. The summed E-state index contributed by atoms with van der Waals surface area (Å²) in [7, 11) is 0. The summed E-state index contributed by atoms with van der Waals surface area (Å²) in [6.07, 6.45) is 7.11. The number of carboxylic acids is 1. The van der Waals surface area contributed by atoms with Crippen LogP contribution in [-0.4, -0.2) is 44.8 Å². The number of rotatable bonds is 6. The van der Waals surface area contributed by atoms with E-state index in [9.17, 15) is 14.7 Å². The van der Waals surface area contributed by atoms with Crippen molar-refractivity contribution in [1.29, 1.82) is 0 Å². The molecule has 22 heavy (non-hydrogen) atoms. The number of piperidine rings is 1. The van der Waals surface area contributed by atoms with E-state index in [4.69, 9.17) is 0 Å². The van der Waals surface area contributed by atoms with Gasteiger partial charge in [-0.05, 0) is 12.5 Å². The minimum atomic E-state index is -1.02. The third-order valence-corrected chi connectivity index (χ3v) is 4.66. The van der Waals surface area contributed by atoms with Crippen LogP contribution in [0.3, 0.4) is 0 Å². The summed E-state index contributed by atoms with van der Waals surface area (Å²) in [6, 6.07) is 1.73. The van der Waals surface area contributed by atoms with Gasteiger partial charge in [0.15, 0.2) is 5.54 Å². The fourth-order valence-corrected chi connectivity index (χ4v) is 3.11. The normalized spacial score (nSPS) is 18.9. The Balaban J connectivity index is 2.02. The summed E-state index contributed by atoms with van der Waals surface area (Å²) in [6.45, 7) is 5.02. The third-order valence-electron chi connectivity index (χ3n) is 4.66. The second-order valence-corrected chi connectivity index (χ2v) is 6.16. The van der Waals surface area contributed by atoms with Gasteiger partial charge in [-0.2, -0.15) is 5.10 Å². The number of aromatic nitrogens is 2. The number of aliphatic carboxylic acids is 1. The van der Waals surface area contributed by atoms with Crippen molar-refractivity contribution < 1.29 is 14.7 Å². The number of amides is 1. The van der Waals surface area contributed by atoms with Crippen LogP contribution in [0.4, 0.5) is 0 Å². The van der Waals surface area contributed by atoms with Gasteiger partial charge < -0.3 is 10.0 Å². The van der Waals surface area contributed by atoms with Gasteiger partial charge >= 0.3 is 5.97 Å². The van der Waals surface area contributed by atoms with Crippen LogP contribution in [0.1, 0.15) is 46.0 Å². The molecule has 0 aromatic carbocycles. The van der Waals surface area contributed by atoms with Crippen LogP contribution in [0.5, 0.6) is 0 Å². The Kier molecular flexibility index (Phi) is 5.21. The third kappa shape index (κ3) is 3.15. The predicted molar refractivity (Wildman–Crippen MR) is 82.3 cm³/mol. The number of nitrogens with zero attached hydrogens (tertiary/aromatic N) is 3. The maximum Gasteiger partial charge on any atom is 0.331 e. The van der Waals surface area contributed by atoms with Gasteiger partial charge in [0.05, 0.1) is 0 Å². The topological polar surface area (TPSA) is 75.4 Å². The molecule has 1 atom stereocenters. The minimum absolute atomic E-state index is 0.0157. The number of carboxylic acid groups (broad SMARTS) is 1. The Hall–Kier alpha value is -1.85. The Morgan fingerprint density at radius 3 is 2.55 bits per heavy atom. The van der Waals surface area contributed by atoms with Crippen LogP contribution >= 0.6 is 0 Å². The summed E-state index contributed by atoms with van der Waals surface area (Å²) in [5, 5.41) is 13.8. The average Bonchev–Trinajstić information content (AvgIpc) is 3.06. The molecule has 1 N–H and O–H groups in total. The highest BCUT2D eigenvalue weighted by Gasteiger charge is 2.45. The SMILES string of the molecule is CCCC[C@@H](C)C(=O)N1CCC(C(=O)O)(n2cccn2)CC1. The van der Waals surface area contributed by atoms with Crippen molar-refractivity contribution in [3.05, 3.63) is 18.5 Å². The van der Waals surface area contributed by atoms with Crippen molar-refractivity contribution >= 4 is 11.9 Å². The van der Waals surface area contributed by atoms with E-state index in [2.05, 4.69) is 12.0 Å². The van der Waals surface area contributed by atoms with Gasteiger partial charge in [-0.25, -0.2) is 4.79 Å². The zero-order valence-electron chi connectivity index (χ0n) is 13.4. The first-order chi connectivity index (χ1) is 10.5. The van der Waals surface area contributed by atoms with E-state index in [0.717, 1.165) is 19.3 Å². The van der Waals surface area contributed by atoms with Crippen molar-refractivity contribution in [2.45, 2.75) is 51.5 Å². The first kappa shape index (κ1) is 16.5. The molecule has 2 rings (SSSR count). The van der Waals surface area contributed by atoms with Crippen molar-refractivity contribution in [1.82, 2.24) is 14.7 Å². The van der Waals surface area contributed by atoms with Crippen LogP contribution in [0, 0.1) is 5.92 Å². The molecule has 0 unspecified atom stereocenters. The van der Waals surface area contributed by atoms with Gasteiger partial charge in [-0.3, -0.25) is 9.48 Å². The Morgan fingerprint density at radius 2 is 2.05 bits per heavy atom. The second-order valence-electron chi connectivity index (χ2n) is 6.16. The molecular weight excluding hydrogens is 282 g/mol. The fourth-order valence-electron chi connectivity index (χ4n) is 3.11. The fraction of sp³-hybridized carbons (Fsp3) is 0.688. The zero-order valence-corrected chi connectivity index (χ0v) is 13.4. The maximum atomic E-state index is 12.4. The molecule has 1 aromatic rings. The molecule has 0 aliphatic carbocycles. The van der Waals surface area contributed by atoms with Crippen LogP contribution in [0.2, 0.25) is 0 Å². The number of unbranched alkanes of at least 4 members (excludes halogenated alkanes) is 1. The molecule has 1 fully saturated rings. The molecule has 122 valence electrons. The van der Waals surface area contributed by atoms with E-state index < -0.39 is 11.5 Å².